The lowest BCUT2D eigenvalue weighted by Crippen LogP contribution is -2.73. The average Bonchev–Trinajstić information content (AvgIpc) is 3.94. The summed E-state index contributed by atoms with van der Waals surface area (Å²) in [5, 5.41) is 23.2. The first-order valence-electron chi connectivity index (χ1n) is 16.7. The van der Waals surface area contributed by atoms with Crippen LogP contribution in [0.4, 0.5) is 13.2 Å². The number of amides is 2. The molecule has 2 amide bonds. The van der Waals surface area contributed by atoms with Gasteiger partial charge in [0.15, 0.2) is 17.4 Å². The van der Waals surface area contributed by atoms with Gasteiger partial charge in [0, 0.05) is 25.6 Å². The highest BCUT2D eigenvalue weighted by atomic mass is 19.2. The summed E-state index contributed by atoms with van der Waals surface area (Å²) in [7, 11) is 0. The zero-order valence-corrected chi connectivity index (χ0v) is 27.3. The van der Waals surface area contributed by atoms with E-state index in [1.54, 1.807) is 0 Å². The molecule has 50 heavy (non-hydrogen) atoms. The van der Waals surface area contributed by atoms with Crippen LogP contribution in [0.1, 0.15) is 55.2 Å². The maximum absolute atomic E-state index is 14.9. The third-order valence-corrected chi connectivity index (χ3v) is 9.40. The van der Waals surface area contributed by atoms with Crippen molar-refractivity contribution in [2.75, 3.05) is 13.2 Å². The molecule has 1 saturated carbocycles. The van der Waals surface area contributed by atoms with E-state index in [2.05, 4.69) is 17.2 Å². The number of hydrogen-bond donors (Lipinski definition) is 3. The third kappa shape index (κ3) is 7.64. The smallest absolute Gasteiger partial charge is 0.305 e. The Bertz CT molecular complexity index is 1790. The Morgan fingerprint density at radius 1 is 0.980 bits per heavy atom. The van der Waals surface area contributed by atoms with Gasteiger partial charge in [-0.2, -0.15) is 4.39 Å². The second-order valence-electron chi connectivity index (χ2n) is 13.1. The number of carbonyl (C=O) groups is 3. The first kappa shape index (κ1) is 35.0. The van der Waals surface area contributed by atoms with Crippen LogP contribution in [0, 0.1) is 29.3 Å². The van der Waals surface area contributed by atoms with Crippen LogP contribution in [0.3, 0.4) is 0 Å². The van der Waals surface area contributed by atoms with E-state index in [-0.39, 0.29) is 31.5 Å². The SMILES string of the molecule is O=C(O)C[C@H](O)CC(=O)N1C[C@@H]2C#CC[C@](c3ccc(CCCOc4c(F)ccc(F)c4F)cc3)(N2)[C@@H]1C(=O)N(Cc1ccccc1)C1CC1. The Morgan fingerprint density at radius 2 is 1.70 bits per heavy atom. The van der Waals surface area contributed by atoms with Crippen molar-refractivity contribution in [1.29, 1.82) is 0 Å². The van der Waals surface area contributed by atoms with Crippen LogP contribution in [0.2, 0.25) is 0 Å². The highest BCUT2D eigenvalue weighted by molar-refractivity contribution is 5.91. The fourth-order valence-electron chi connectivity index (χ4n) is 6.84. The summed E-state index contributed by atoms with van der Waals surface area (Å²) in [5.74, 6) is -0.0192. The normalized spacial score (nSPS) is 21.5. The van der Waals surface area contributed by atoms with Crippen molar-refractivity contribution in [3.05, 3.63) is 101 Å². The van der Waals surface area contributed by atoms with E-state index in [0.717, 1.165) is 35.6 Å². The predicted molar refractivity (Wildman–Crippen MR) is 176 cm³/mol. The molecule has 2 heterocycles. The van der Waals surface area contributed by atoms with E-state index in [9.17, 15) is 37.8 Å². The summed E-state index contributed by atoms with van der Waals surface area (Å²) in [4.78, 5) is 43.3. The maximum Gasteiger partial charge on any atom is 0.305 e. The van der Waals surface area contributed by atoms with Gasteiger partial charge in [-0.05, 0) is 54.5 Å². The number of piperazine rings is 1. The van der Waals surface area contributed by atoms with Gasteiger partial charge in [0.05, 0.1) is 37.1 Å². The van der Waals surface area contributed by atoms with Crippen molar-refractivity contribution >= 4 is 17.8 Å². The van der Waals surface area contributed by atoms with Gasteiger partial charge >= 0.3 is 5.97 Å². The molecule has 0 unspecified atom stereocenters. The second-order valence-corrected chi connectivity index (χ2v) is 13.1. The zero-order chi connectivity index (χ0) is 35.4. The number of hydrogen-bond acceptors (Lipinski definition) is 6. The van der Waals surface area contributed by atoms with E-state index in [4.69, 9.17) is 4.74 Å². The molecule has 6 rings (SSSR count). The van der Waals surface area contributed by atoms with Crippen LogP contribution in [-0.4, -0.2) is 75.2 Å². The van der Waals surface area contributed by atoms with E-state index in [0.29, 0.717) is 25.5 Å². The Hall–Kier alpha value is -4.86. The van der Waals surface area contributed by atoms with Gasteiger partial charge in [-0.25, -0.2) is 8.78 Å². The monoisotopic (exact) mass is 689 g/mol. The molecule has 12 heteroatoms. The summed E-state index contributed by atoms with van der Waals surface area (Å²) in [5.41, 5.74) is 1.42. The molecule has 0 radical (unpaired) electrons. The first-order chi connectivity index (χ1) is 24.1. The number of carbonyl (C=O) groups excluding carboxylic acids is 2. The minimum Gasteiger partial charge on any atom is -0.488 e. The Kier molecular flexibility index (Phi) is 10.5. The number of aliphatic hydroxyl groups is 1. The van der Waals surface area contributed by atoms with E-state index in [1.165, 1.54) is 4.90 Å². The summed E-state index contributed by atoms with van der Waals surface area (Å²) in [6.07, 6.45) is 0.237. The van der Waals surface area contributed by atoms with Gasteiger partial charge in [0.2, 0.25) is 17.6 Å². The summed E-state index contributed by atoms with van der Waals surface area (Å²) in [6.45, 7) is 0.375. The molecule has 9 nitrogen and oxygen atoms in total. The minimum absolute atomic E-state index is 0.000584. The molecule has 1 aliphatic carbocycles. The molecule has 3 aliphatic rings. The number of ether oxygens (including phenoxy) is 1. The third-order valence-electron chi connectivity index (χ3n) is 9.40. The Balaban J connectivity index is 1.27. The van der Waals surface area contributed by atoms with Crippen LogP contribution in [0.5, 0.6) is 5.75 Å². The summed E-state index contributed by atoms with van der Waals surface area (Å²) >= 11 is 0. The van der Waals surface area contributed by atoms with Crippen molar-refractivity contribution in [3.63, 3.8) is 0 Å². The molecular weight excluding hydrogens is 651 g/mol. The van der Waals surface area contributed by atoms with Gasteiger partial charge in [-0.1, -0.05) is 66.4 Å². The van der Waals surface area contributed by atoms with E-state index in [1.807, 2.05) is 59.5 Å². The number of carboxylic acid groups (broad SMARTS) is 1. The number of aliphatic hydroxyl groups excluding tert-OH is 1. The predicted octanol–water partition coefficient (Wildman–Crippen LogP) is 4.30. The quantitative estimate of drug-likeness (QED) is 0.131. The van der Waals surface area contributed by atoms with E-state index < -0.39 is 71.6 Å². The molecular formula is C38H38F3N3O6. The topological polar surface area (TPSA) is 119 Å². The molecule has 3 N–H and O–H groups in total. The number of aryl methyl sites for hydroxylation is 1. The zero-order valence-electron chi connectivity index (χ0n) is 27.3. The number of aliphatic carboxylic acids is 1. The maximum atomic E-state index is 14.9. The Morgan fingerprint density at radius 3 is 2.40 bits per heavy atom. The van der Waals surface area contributed by atoms with Crippen LogP contribution < -0.4 is 10.1 Å². The highest BCUT2D eigenvalue weighted by Gasteiger charge is 2.56. The van der Waals surface area contributed by atoms with Crippen LogP contribution in [0.25, 0.3) is 0 Å². The Labute approximate surface area is 288 Å². The molecule has 3 aromatic rings. The van der Waals surface area contributed by atoms with Gasteiger partial charge in [-0.3, -0.25) is 19.7 Å². The molecule has 4 atom stereocenters. The lowest BCUT2D eigenvalue weighted by Gasteiger charge is -2.53. The summed E-state index contributed by atoms with van der Waals surface area (Å²) < 4.78 is 46.7. The molecule has 2 bridgehead atoms. The number of fused-ring (bicyclic) bond motifs is 2. The van der Waals surface area contributed by atoms with Crippen molar-refractivity contribution < 1.29 is 42.5 Å². The molecule has 0 spiro atoms. The highest BCUT2D eigenvalue weighted by Crippen LogP contribution is 2.41. The van der Waals surface area contributed by atoms with Crippen molar-refractivity contribution in [1.82, 2.24) is 15.1 Å². The largest absolute Gasteiger partial charge is 0.488 e. The van der Waals surface area contributed by atoms with Gasteiger partial charge in [0.1, 0.15) is 6.04 Å². The number of benzene rings is 3. The molecule has 3 aromatic carbocycles. The molecule has 2 aliphatic heterocycles. The van der Waals surface area contributed by atoms with Gasteiger partial charge in [0.25, 0.3) is 0 Å². The van der Waals surface area contributed by atoms with E-state index >= 15 is 0 Å². The standard InChI is InChI=1S/C38H38F3N3O6/c39-30-16-17-31(40)35(34(30)41)50-19-5-8-24-10-12-26(13-11-24)38-18-4-9-27(42-38)23-44(32(46)20-29(45)21-33(47)48)36(38)37(49)43(28-14-15-28)22-25-6-2-1-3-7-25/h1-3,6-7,10-13,16-17,27-29,36,42,45H,5,8,14-15,18-23H2,(H,47,48)/t27-,29+,36-,38+/m0/s1. The lowest BCUT2D eigenvalue weighted by atomic mass is 9.73. The van der Waals surface area contributed by atoms with Crippen LogP contribution in [0.15, 0.2) is 66.7 Å². The van der Waals surface area contributed by atoms with Gasteiger partial charge < -0.3 is 24.7 Å². The van der Waals surface area contributed by atoms with Crippen LogP contribution >= 0.6 is 0 Å². The molecule has 2 fully saturated rings. The van der Waals surface area contributed by atoms with Gasteiger partial charge in [-0.15, -0.1) is 0 Å². The fourth-order valence-corrected chi connectivity index (χ4v) is 6.84. The summed E-state index contributed by atoms with van der Waals surface area (Å²) in [6, 6.07) is 17.1. The molecule has 0 aromatic heterocycles. The number of halogens is 3. The van der Waals surface area contributed by atoms with Crippen molar-refractivity contribution in [2.45, 2.75) is 81.3 Å². The average molecular weight is 690 g/mol. The second kappa shape index (κ2) is 14.9. The molecule has 1 saturated heterocycles. The van der Waals surface area contributed by atoms with Crippen molar-refractivity contribution in [3.8, 4) is 17.6 Å². The fraction of sp³-hybridized carbons (Fsp3) is 0.395. The number of nitrogens with one attached hydrogen (secondary N) is 1. The minimum atomic E-state index is -1.42. The van der Waals surface area contributed by atoms with Crippen molar-refractivity contribution in [2.24, 2.45) is 0 Å². The number of nitrogens with zero attached hydrogens (tertiary/aromatic N) is 2. The number of rotatable bonds is 14. The number of carboxylic acids is 1. The van der Waals surface area contributed by atoms with Crippen LogP contribution in [-0.2, 0) is 32.9 Å². The molecule has 262 valence electrons. The first-order valence-corrected chi connectivity index (χ1v) is 16.7. The lowest BCUT2D eigenvalue weighted by molar-refractivity contribution is -0.156.